The molecule has 0 aromatic carbocycles. The third-order valence-electron chi connectivity index (χ3n) is 3.95. The van der Waals surface area contributed by atoms with Crippen LogP contribution in [0.15, 0.2) is 6.07 Å². The average Bonchev–Trinajstić information content (AvgIpc) is 2.60. The molecule has 0 saturated heterocycles. The molecular weight excluding hydrogens is 258 g/mol. The Hall–Kier alpha value is -1.85. The molecule has 6 nitrogen and oxygen atoms in total. The second kappa shape index (κ2) is 5.64. The van der Waals surface area contributed by atoms with Crippen LogP contribution >= 0.6 is 0 Å². The van der Waals surface area contributed by atoms with Gasteiger partial charge in [-0.1, -0.05) is 25.7 Å². The number of aliphatic carboxylic acids is 1. The third-order valence-corrected chi connectivity index (χ3v) is 3.95. The minimum Gasteiger partial charge on any atom is -0.480 e. The molecule has 1 fully saturated rings. The molecule has 0 aliphatic heterocycles. The predicted octanol–water partition coefficient (Wildman–Crippen LogP) is 1.64. The number of aryl methyl sites for hydroxylation is 2. The van der Waals surface area contributed by atoms with E-state index in [1.54, 1.807) is 20.0 Å². The van der Waals surface area contributed by atoms with Crippen LogP contribution in [0.3, 0.4) is 0 Å². The first-order chi connectivity index (χ1) is 9.44. The van der Waals surface area contributed by atoms with Gasteiger partial charge in [0.2, 0.25) is 0 Å². The zero-order valence-electron chi connectivity index (χ0n) is 12.0. The van der Waals surface area contributed by atoms with Gasteiger partial charge in [0.1, 0.15) is 11.2 Å². The van der Waals surface area contributed by atoms with Gasteiger partial charge < -0.3 is 10.4 Å². The van der Waals surface area contributed by atoms with Gasteiger partial charge in [0, 0.05) is 7.05 Å². The molecule has 1 saturated carbocycles. The Morgan fingerprint density at radius 2 is 1.90 bits per heavy atom. The maximum absolute atomic E-state index is 12.3. The minimum absolute atomic E-state index is 0.364. The Kier molecular flexibility index (Phi) is 4.11. The van der Waals surface area contributed by atoms with E-state index in [9.17, 15) is 14.7 Å². The molecule has 0 radical (unpaired) electrons. The fraction of sp³-hybridized carbons (Fsp3) is 0.643. The van der Waals surface area contributed by atoms with Crippen LogP contribution in [0.25, 0.3) is 0 Å². The van der Waals surface area contributed by atoms with E-state index in [0.717, 1.165) is 31.4 Å². The van der Waals surface area contributed by atoms with Crippen molar-refractivity contribution < 1.29 is 14.7 Å². The first-order valence-electron chi connectivity index (χ1n) is 7.01. The highest BCUT2D eigenvalue weighted by molar-refractivity contribution is 5.96. The Labute approximate surface area is 118 Å². The summed E-state index contributed by atoms with van der Waals surface area (Å²) in [5.74, 6) is -1.30. The molecule has 0 unspecified atom stereocenters. The van der Waals surface area contributed by atoms with Crippen molar-refractivity contribution in [1.82, 2.24) is 15.1 Å². The fourth-order valence-corrected chi connectivity index (χ4v) is 2.83. The monoisotopic (exact) mass is 279 g/mol. The van der Waals surface area contributed by atoms with Gasteiger partial charge in [-0.15, -0.1) is 0 Å². The predicted molar refractivity (Wildman–Crippen MR) is 73.5 cm³/mol. The van der Waals surface area contributed by atoms with Crippen molar-refractivity contribution in [3.63, 3.8) is 0 Å². The van der Waals surface area contributed by atoms with E-state index < -0.39 is 11.5 Å². The quantitative estimate of drug-likeness (QED) is 0.824. The lowest BCUT2D eigenvalue weighted by Crippen LogP contribution is -2.54. The fourth-order valence-electron chi connectivity index (χ4n) is 2.83. The van der Waals surface area contributed by atoms with Gasteiger partial charge >= 0.3 is 5.97 Å². The molecule has 1 aliphatic carbocycles. The second-order valence-corrected chi connectivity index (χ2v) is 5.55. The lowest BCUT2D eigenvalue weighted by atomic mass is 9.90. The van der Waals surface area contributed by atoms with Crippen LogP contribution in [0.1, 0.15) is 54.7 Å². The molecule has 0 spiro atoms. The molecule has 110 valence electrons. The normalized spacial score (nSPS) is 18.3. The molecule has 1 aliphatic rings. The zero-order chi connectivity index (χ0) is 14.8. The zero-order valence-corrected chi connectivity index (χ0v) is 12.0. The lowest BCUT2D eigenvalue weighted by Gasteiger charge is -2.29. The van der Waals surface area contributed by atoms with Crippen molar-refractivity contribution in [2.24, 2.45) is 7.05 Å². The number of aromatic nitrogens is 2. The van der Waals surface area contributed by atoms with E-state index in [-0.39, 0.29) is 5.91 Å². The molecular formula is C14H21N3O3. The summed E-state index contributed by atoms with van der Waals surface area (Å²) in [4.78, 5) is 24.0. The number of hydrogen-bond acceptors (Lipinski definition) is 3. The Morgan fingerprint density at radius 1 is 1.30 bits per heavy atom. The molecule has 1 heterocycles. The number of amides is 1. The van der Waals surface area contributed by atoms with Gasteiger partial charge in [0.15, 0.2) is 0 Å². The van der Waals surface area contributed by atoms with Crippen LogP contribution in [0, 0.1) is 6.92 Å². The number of nitrogens with zero attached hydrogens (tertiary/aromatic N) is 2. The summed E-state index contributed by atoms with van der Waals surface area (Å²) in [6.45, 7) is 1.80. The Morgan fingerprint density at radius 3 is 2.35 bits per heavy atom. The largest absolute Gasteiger partial charge is 0.480 e. The first kappa shape index (κ1) is 14.6. The van der Waals surface area contributed by atoms with Crippen molar-refractivity contribution in [1.29, 1.82) is 0 Å². The lowest BCUT2D eigenvalue weighted by molar-refractivity contribution is -0.145. The third kappa shape index (κ3) is 2.84. The van der Waals surface area contributed by atoms with Crippen LogP contribution in [-0.2, 0) is 11.8 Å². The summed E-state index contributed by atoms with van der Waals surface area (Å²) >= 11 is 0. The van der Waals surface area contributed by atoms with Crippen LogP contribution in [0.4, 0.5) is 0 Å². The maximum atomic E-state index is 12.3. The van der Waals surface area contributed by atoms with Crippen molar-refractivity contribution >= 4 is 11.9 Å². The van der Waals surface area contributed by atoms with Gasteiger partial charge in [-0.2, -0.15) is 5.10 Å². The van der Waals surface area contributed by atoms with Gasteiger partial charge in [0.25, 0.3) is 5.91 Å². The van der Waals surface area contributed by atoms with E-state index in [2.05, 4.69) is 10.4 Å². The number of rotatable bonds is 3. The molecule has 0 atom stereocenters. The van der Waals surface area contributed by atoms with Crippen molar-refractivity contribution in [2.45, 2.75) is 51.0 Å². The molecule has 6 heteroatoms. The second-order valence-electron chi connectivity index (χ2n) is 5.55. The van der Waals surface area contributed by atoms with Crippen molar-refractivity contribution in [2.75, 3.05) is 0 Å². The summed E-state index contributed by atoms with van der Waals surface area (Å²) in [6.07, 6.45) is 4.69. The van der Waals surface area contributed by atoms with Crippen molar-refractivity contribution in [3.05, 3.63) is 17.5 Å². The number of hydrogen-bond donors (Lipinski definition) is 2. The number of carboxylic acid groups (broad SMARTS) is 1. The molecule has 1 aromatic rings. The average molecular weight is 279 g/mol. The summed E-state index contributed by atoms with van der Waals surface area (Å²) in [5, 5.41) is 16.4. The smallest absolute Gasteiger partial charge is 0.329 e. The summed E-state index contributed by atoms with van der Waals surface area (Å²) < 4.78 is 1.48. The van der Waals surface area contributed by atoms with E-state index in [1.807, 2.05) is 0 Å². The number of carbonyl (C=O) groups is 2. The van der Waals surface area contributed by atoms with E-state index >= 15 is 0 Å². The highest BCUT2D eigenvalue weighted by Gasteiger charge is 2.40. The summed E-state index contributed by atoms with van der Waals surface area (Å²) in [7, 11) is 1.68. The number of carbonyl (C=O) groups excluding carboxylic acids is 1. The molecule has 20 heavy (non-hydrogen) atoms. The molecule has 1 amide bonds. The highest BCUT2D eigenvalue weighted by Crippen LogP contribution is 2.28. The first-order valence-corrected chi connectivity index (χ1v) is 7.01. The molecule has 0 bridgehead atoms. The van der Waals surface area contributed by atoms with Gasteiger partial charge in [-0.25, -0.2) is 4.79 Å². The number of carboxylic acids is 1. The van der Waals surface area contributed by atoms with Gasteiger partial charge in [-0.3, -0.25) is 9.48 Å². The van der Waals surface area contributed by atoms with Crippen LogP contribution < -0.4 is 5.32 Å². The Balaban J connectivity index is 2.21. The Bertz CT molecular complexity index is 514. The standard InChI is InChI=1S/C14H21N3O3/c1-10-9-11(17(2)16-10)12(18)15-14(13(19)20)7-5-3-4-6-8-14/h9H,3-8H2,1-2H3,(H,15,18)(H,19,20). The number of nitrogens with one attached hydrogen (secondary N) is 1. The SMILES string of the molecule is Cc1cc(C(=O)NC2(C(=O)O)CCCCCC2)n(C)n1. The maximum Gasteiger partial charge on any atom is 0.329 e. The van der Waals surface area contributed by atoms with Crippen LogP contribution in [0.5, 0.6) is 0 Å². The molecule has 2 N–H and O–H groups in total. The van der Waals surface area contributed by atoms with E-state index in [1.165, 1.54) is 4.68 Å². The highest BCUT2D eigenvalue weighted by atomic mass is 16.4. The van der Waals surface area contributed by atoms with Gasteiger partial charge in [-0.05, 0) is 25.8 Å². The van der Waals surface area contributed by atoms with Crippen LogP contribution in [0.2, 0.25) is 0 Å². The molecule has 1 aromatic heterocycles. The van der Waals surface area contributed by atoms with Crippen LogP contribution in [-0.4, -0.2) is 32.3 Å². The van der Waals surface area contributed by atoms with Gasteiger partial charge in [0.05, 0.1) is 5.69 Å². The van der Waals surface area contributed by atoms with Crippen molar-refractivity contribution in [3.8, 4) is 0 Å². The molecule has 2 rings (SSSR count). The topological polar surface area (TPSA) is 84.2 Å². The van der Waals surface area contributed by atoms with E-state index in [4.69, 9.17) is 0 Å². The van der Waals surface area contributed by atoms with E-state index in [0.29, 0.717) is 18.5 Å². The summed E-state index contributed by atoms with van der Waals surface area (Å²) in [5.41, 5.74) is 0.00133. The minimum atomic E-state index is -1.13. The summed E-state index contributed by atoms with van der Waals surface area (Å²) in [6, 6.07) is 1.67.